The number of nitrogens with one attached hydrogen (secondary N) is 1. The molecule has 0 amide bonds. The molecule has 0 radical (unpaired) electrons. The molecule has 1 aromatic carbocycles. The Kier molecular flexibility index (Phi) is 4.68. The Bertz CT molecular complexity index is 699. The number of aromatic hydroxyl groups is 1. The number of para-hydroxylation sites is 1. The van der Waals surface area contributed by atoms with Crippen molar-refractivity contribution in [1.29, 1.82) is 0 Å². The summed E-state index contributed by atoms with van der Waals surface area (Å²) in [7, 11) is 0. The molecule has 2 N–H and O–H groups in total. The van der Waals surface area contributed by atoms with E-state index >= 15 is 0 Å². The van der Waals surface area contributed by atoms with Crippen LogP contribution in [-0.2, 0) is 4.74 Å². The van der Waals surface area contributed by atoms with Crippen LogP contribution in [0.1, 0.15) is 11.4 Å². The standard InChI is InChI=1S/C16H19N5O2/c1-12-18-15(10-16(19-12)21-6-8-23-9-7-21)20-17-11-13-4-2-3-5-14(13)22/h2-5,10-11,22H,6-9H2,1H3,(H,18,19,20)/b17-11+. The summed E-state index contributed by atoms with van der Waals surface area (Å²) in [6.45, 7) is 4.89. The highest BCUT2D eigenvalue weighted by Crippen LogP contribution is 2.17. The molecule has 7 nitrogen and oxygen atoms in total. The van der Waals surface area contributed by atoms with Crippen molar-refractivity contribution >= 4 is 17.9 Å². The number of anilines is 2. The molecule has 1 aromatic heterocycles. The molecule has 0 aliphatic carbocycles. The first kappa shape index (κ1) is 15.2. The van der Waals surface area contributed by atoms with Crippen LogP contribution in [0.2, 0.25) is 0 Å². The highest BCUT2D eigenvalue weighted by Gasteiger charge is 2.13. The van der Waals surface area contributed by atoms with Gasteiger partial charge in [-0.15, -0.1) is 0 Å². The van der Waals surface area contributed by atoms with Crippen molar-refractivity contribution in [2.45, 2.75) is 6.92 Å². The predicted molar refractivity (Wildman–Crippen MR) is 89.1 cm³/mol. The Balaban J connectivity index is 1.72. The molecular weight excluding hydrogens is 294 g/mol. The summed E-state index contributed by atoms with van der Waals surface area (Å²) in [5.41, 5.74) is 3.53. The van der Waals surface area contributed by atoms with Crippen molar-refractivity contribution in [3.8, 4) is 5.75 Å². The van der Waals surface area contributed by atoms with Gasteiger partial charge < -0.3 is 14.7 Å². The van der Waals surface area contributed by atoms with Crippen LogP contribution in [-0.4, -0.2) is 47.6 Å². The first-order valence-corrected chi connectivity index (χ1v) is 7.48. The molecule has 0 spiro atoms. The summed E-state index contributed by atoms with van der Waals surface area (Å²) in [6, 6.07) is 8.87. The molecule has 0 saturated carbocycles. The SMILES string of the molecule is Cc1nc(N/N=C/c2ccccc2O)cc(N2CCOCC2)n1. The van der Waals surface area contributed by atoms with Gasteiger partial charge in [0.05, 0.1) is 19.4 Å². The van der Waals surface area contributed by atoms with Gasteiger partial charge in [0.2, 0.25) is 0 Å². The zero-order chi connectivity index (χ0) is 16.1. The summed E-state index contributed by atoms with van der Waals surface area (Å²) in [5, 5.41) is 13.8. The van der Waals surface area contributed by atoms with Gasteiger partial charge in [-0.1, -0.05) is 12.1 Å². The molecule has 0 unspecified atom stereocenters. The van der Waals surface area contributed by atoms with Gasteiger partial charge in [-0.3, -0.25) is 5.43 Å². The number of rotatable bonds is 4. The number of aryl methyl sites for hydroxylation is 1. The van der Waals surface area contributed by atoms with Gasteiger partial charge >= 0.3 is 0 Å². The van der Waals surface area contributed by atoms with Gasteiger partial charge in [-0.05, 0) is 19.1 Å². The second kappa shape index (κ2) is 7.06. The highest BCUT2D eigenvalue weighted by molar-refractivity contribution is 5.83. The maximum Gasteiger partial charge on any atom is 0.152 e. The van der Waals surface area contributed by atoms with E-state index in [1.54, 1.807) is 24.4 Å². The third-order valence-corrected chi connectivity index (χ3v) is 3.48. The quantitative estimate of drug-likeness (QED) is 0.661. The molecule has 1 aliphatic heterocycles. The molecule has 2 aromatic rings. The molecule has 23 heavy (non-hydrogen) atoms. The predicted octanol–water partition coefficient (Wildman–Crippen LogP) is 1.77. The zero-order valence-electron chi connectivity index (χ0n) is 12.9. The van der Waals surface area contributed by atoms with Crippen LogP contribution in [0, 0.1) is 6.92 Å². The summed E-state index contributed by atoms with van der Waals surface area (Å²) < 4.78 is 5.36. The lowest BCUT2D eigenvalue weighted by molar-refractivity contribution is 0.122. The molecule has 0 atom stereocenters. The van der Waals surface area contributed by atoms with E-state index in [0.717, 1.165) is 18.9 Å². The van der Waals surface area contributed by atoms with Crippen molar-refractivity contribution in [3.05, 3.63) is 41.7 Å². The lowest BCUT2D eigenvalue weighted by Crippen LogP contribution is -2.36. The second-order valence-corrected chi connectivity index (χ2v) is 5.19. The van der Waals surface area contributed by atoms with E-state index in [0.29, 0.717) is 30.4 Å². The fraction of sp³-hybridized carbons (Fsp3) is 0.312. The number of hydrogen-bond donors (Lipinski definition) is 2. The van der Waals surface area contributed by atoms with E-state index in [4.69, 9.17) is 4.74 Å². The average Bonchev–Trinajstić information content (AvgIpc) is 2.57. The Morgan fingerprint density at radius 1 is 1.26 bits per heavy atom. The van der Waals surface area contributed by atoms with Gasteiger partial charge in [-0.25, -0.2) is 9.97 Å². The maximum atomic E-state index is 9.70. The van der Waals surface area contributed by atoms with Crippen LogP contribution >= 0.6 is 0 Å². The minimum absolute atomic E-state index is 0.186. The third kappa shape index (κ3) is 3.95. The number of hydrazone groups is 1. The smallest absolute Gasteiger partial charge is 0.152 e. The fourth-order valence-corrected chi connectivity index (χ4v) is 2.33. The van der Waals surface area contributed by atoms with Crippen LogP contribution in [0.4, 0.5) is 11.6 Å². The normalized spacial score (nSPS) is 15.1. The van der Waals surface area contributed by atoms with Gasteiger partial charge in [0.15, 0.2) is 5.82 Å². The van der Waals surface area contributed by atoms with Crippen molar-refractivity contribution in [2.75, 3.05) is 36.6 Å². The first-order valence-electron chi connectivity index (χ1n) is 7.48. The Morgan fingerprint density at radius 2 is 2.04 bits per heavy atom. The Hall–Kier alpha value is -2.67. The lowest BCUT2D eigenvalue weighted by atomic mass is 10.2. The molecule has 7 heteroatoms. The molecule has 120 valence electrons. The van der Waals surface area contributed by atoms with Crippen LogP contribution in [0.5, 0.6) is 5.75 Å². The minimum atomic E-state index is 0.186. The monoisotopic (exact) mass is 313 g/mol. The number of ether oxygens (including phenoxy) is 1. The van der Waals surface area contributed by atoms with Crippen LogP contribution in [0.15, 0.2) is 35.4 Å². The third-order valence-electron chi connectivity index (χ3n) is 3.48. The molecule has 1 fully saturated rings. The van der Waals surface area contributed by atoms with Crippen LogP contribution < -0.4 is 10.3 Å². The summed E-state index contributed by atoms with van der Waals surface area (Å²) in [5.74, 6) is 2.34. The molecule has 2 heterocycles. The fourth-order valence-electron chi connectivity index (χ4n) is 2.33. The number of benzene rings is 1. The van der Waals surface area contributed by atoms with Crippen molar-refractivity contribution < 1.29 is 9.84 Å². The number of hydrogen-bond acceptors (Lipinski definition) is 7. The Labute approximate surface area is 134 Å². The average molecular weight is 313 g/mol. The van der Waals surface area contributed by atoms with E-state index in [2.05, 4.69) is 25.4 Å². The molecule has 0 bridgehead atoms. The van der Waals surface area contributed by atoms with E-state index < -0.39 is 0 Å². The second-order valence-electron chi connectivity index (χ2n) is 5.19. The Morgan fingerprint density at radius 3 is 2.83 bits per heavy atom. The number of phenolic OH excluding ortho intramolecular Hbond substituents is 1. The zero-order valence-corrected chi connectivity index (χ0v) is 12.9. The van der Waals surface area contributed by atoms with Crippen LogP contribution in [0.25, 0.3) is 0 Å². The maximum absolute atomic E-state index is 9.70. The van der Waals surface area contributed by atoms with Crippen molar-refractivity contribution in [2.24, 2.45) is 5.10 Å². The minimum Gasteiger partial charge on any atom is -0.507 e. The number of aromatic nitrogens is 2. The summed E-state index contributed by atoms with van der Waals surface area (Å²) >= 11 is 0. The van der Waals surface area contributed by atoms with E-state index in [1.807, 2.05) is 19.1 Å². The van der Waals surface area contributed by atoms with E-state index in [1.165, 1.54) is 0 Å². The van der Waals surface area contributed by atoms with E-state index in [-0.39, 0.29) is 5.75 Å². The molecule has 1 saturated heterocycles. The van der Waals surface area contributed by atoms with Crippen LogP contribution in [0.3, 0.4) is 0 Å². The van der Waals surface area contributed by atoms with Gasteiger partial charge in [0.25, 0.3) is 0 Å². The highest BCUT2D eigenvalue weighted by atomic mass is 16.5. The van der Waals surface area contributed by atoms with Gasteiger partial charge in [0.1, 0.15) is 17.4 Å². The van der Waals surface area contributed by atoms with Gasteiger partial charge in [-0.2, -0.15) is 5.10 Å². The summed E-state index contributed by atoms with van der Waals surface area (Å²) in [4.78, 5) is 11.0. The molecule has 3 rings (SSSR count). The lowest BCUT2D eigenvalue weighted by Gasteiger charge is -2.28. The largest absolute Gasteiger partial charge is 0.507 e. The number of phenols is 1. The summed E-state index contributed by atoms with van der Waals surface area (Å²) in [6.07, 6.45) is 1.56. The molecular formula is C16H19N5O2. The topological polar surface area (TPSA) is 82.9 Å². The number of nitrogens with zero attached hydrogens (tertiary/aromatic N) is 4. The van der Waals surface area contributed by atoms with E-state index in [9.17, 15) is 5.11 Å². The molecule has 1 aliphatic rings. The van der Waals surface area contributed by atoms with Gasteiger partial charge in [0, 0.05) is 24.7 Å². The van der Waals surface area contributed by atoms with Crippen molar-refractivity contribution in [3.63, 3.8) is 0 Å². The first-order chi connectivity index (χ1) is 11.2. The number of morpholine rings is 1. The van der Waals surface area contributed by atoms with Crippen molar-refractivity contribution in [1.82, 2.24) is 9.97 Å².